The number of hydrogen-bond donors (Lipinski definition) is 1. The lowest BCUT2D eigenvalue weighted by Crippen LogP contribution is -2.51. The summed E-state index contributed by atoms with van der Waals surface area (Å²) in [6.45, 7) is 7.18. The molecule has 2 aromatic carbocycles. The summed E-state index contributed by atoms with van der Waals surface area (Å²) in [6.07, 6.45) is 0.358. The first-order valence-corrected chi connectivity index (χ1v) is 11.4. The summed E-state index contributed by atoms with van der Waals surface area (Å²) < 4.78 is 5.38. The smallest absolute Gasteiger partial charge is 0.410 e. The summed E-state index contributed by atoms with van der Waals surface area (Å²) in [4.78, 5) is 33.3. The van der Waals surface area contributed by atoms with E-state index in [1.807, 2.05) is 45.0 Å². The molecule has 1 N–H and O–H groups in total. The molecule has 0 radical (unpaired) electrons. The molecular formula is C26H27N5O4. The van der Waals surface area contributed by atoms with Gasteiger partial charge in [0.15, 0.2) is 0 Å². The van der Waals surface area contributed by atoms with Gasteiger partial charge in [0.25, 0.3) is 5.69 Å². The van der Waals surface area contributed by atoms with Crippen LogP contribution in [0.3, 0.4) is 0 Å². The summed E-state index contributed by atoms with van der Waals surface area (Å²) >= 11 is 0. The van der Waals surface area contributed by atoms with Gasteiger partial charge in [0, 0.05) is 37.2 Å². The molecule has 180 valence electrons. The van der Waals surface area contributed by atoms with Gasteiger partial charge in [-0.25, -0.2) is 14.8 Å². The van der Waals surface area contributed by atoms with Crippen LogP contribution in [0.25, 0.3) is 10.9 Å². The Morgan fingerprint density at radius 2 is 1.89 bits per heavy atom. The van der Waals surface area contributed by atoms with Crippen LogP contribution in [0.5, 0.6) is 0 Å². The minimum atomic E-state index is -0.519. The summed E-state index contributed by atoms with van der Waals surface area (Å²) in [5, 5.41) is 15.1. The van der Waals surface area contributed by atoms with Gasteiger partial charge in [0.1, 0.15) is 11.4 Å². The van der Waals surface area contributed by atoms with Gasteiger partial charge >= 0.3 is 6.09 Å². The fourth-order valence-corrected chi connectivity index (χ4v) is 3.59. The van der Waals surface area contributed by atoms with E-state index in [1.54, 1.807) is 17.0 Å². The predicted octanol–water partition coefficient (Wildman–Crippen LogP) is 4.41. The molecule has 1 saturated heterocycles. The number of non-ortho nitro benzene ring substituents is 1. The number of carbonyl (C=O) groups is 1. The molecule has 1 fully saturated rings. The average molecular weight is 474 g/mol. The first-order chi connectivity index (χ1) is 16.7. The topological polar surface area (TPSA) is 110 Å². The van der Waals surface area contributed by atoms with Crippen molar-refractivity contribution < 1.29 is 14.5 Å². The van der Waals surface area contributed by atoms with Crippen molar-refractivity contribution in [1.82, 2.24) is 14.9 Å². The van der Waals surface area contributed by atoms with Crippen molar-refractivity contribution in [2.24, 2.45) is 5.92 Å². The number of benzene rings is 2. The summed E-state index contributed by atoms with van der Waals surface area (Å²) in [5.74, 6) is 7.37. The number of carbonyl (C=O) groups excluding carboxylic acids is 1. The van der Waals surface area contributed by atoms with Gasteiger partial charge in [-0.2, -0.15) is 0 Å². The van der Waals surface area contributed by atoms with E-state index < -0.39 is 10.5 Å². The average Bonchev–Trinajstić information content (AvgIpc) is 2.77. The van der Waals surface area contributed by atoms with Gasteiger partial charge in [0.2, 0.25) is 5.82 Å². The molecule has 1 amide bonds. The monoisotopic (exact) mass is 473 g/mol. The minimum Gasteiger partial charge on any atom is -0.444 e. The standard InChI is InChI=1S/C26H27N5O4/c1-26(2,3)35-25(32)30-16-19(17-30)10-13-23-28-22-7-5-4-6-21(22)24(29-23)27-15-14-18-8-11-20(12-9-18)31(33)34/h4-9,11-12,19H,14-17H2,1-3H3,(H,27,28,29). The summed E-state index contributed by atoms with van der Waals surface area (Å²) in [5.41, 5.74) is 1.33. The van der Waals surface area contributed by atoms with E-state index in [9.17, 15) is 14.9 Å². The zero-order valence-corrected chi connectivity index (χ0v) is 19.9. The molecular weight excluding hydrogens is 446 g/mol. The maximum atomic E-state index is 12.1. The molecule has 4 rings (SSSR count). The second-order valence-corrected chi connectivity index (χ2v) is 9.36. The quantitative estimate of drug-likeness (QED) is 0.332. The molecule has 0 saturated carbocycles. The number of aromatic nitrogens is 2. The molecule has 35 heavy (non-hydrogen) atoms. The molecule has 3 aromatic rings. The van der Waals surface area contributed by atoms with Gasteiger partial charge in [0.05, 0.1) is 16.4 Å². The van der Waals surface area contributed by atoms with Crippen molar-refractivity contribution in [2.75, 3.05) is 25.0 Å². The third-order valence-corrected chi connectivity index (χ3v) is 5.38. The largest absolute Gasteiger partial charge is 0.444 e. The number of fused-ring (bicyclic) bond motifs is 1. The molecule has 1 aliphatic heterocycles. The molecule has 0 atom stereocenters. The number of nitro groups is 1. The van der Waals surface area contributed by atoms with Crippen LogP contribution in [0.15, 0.2) is 48.5 Å². The van der Waals surface area contributed by atoms with E-state index in [0.29, 0.717) is 37.7 Å². The van der Waals surface area contributed by atoms with Gasteiger partial charge < -0.3 is 15.0 Å². The van der Waals surface area contributed by atoms with E-state index in [0.717, 1.165) is 16.5 Å². The van der Waals surface area contributed by atoms with Crippen molar-refractivity contribution >= 4 is 28.5 Å². The van der Waals surface area contributed by atoms with Crippen LogP contribution < -0.4 is 5.32 Å². The highest BCUT2D eigenvalue weighted by molar-refractivity contribution is 5.89. The predicted molar refractivity (Wildman–Crippen MR) is 133 cm³/mol. The Morgan fingerprint density at radius 3 is 2.57 bits per heavy atom. The number of para-hydroxylation sites is 1. The number of ether oxygens (including phenoxy) is 1. The maximum Gasteiger partial charge on any atom is 0.410 e. The van der Waals surface area contributed by atoms with Crippen LogP contribution in [0, 0.1) is 27.9 Å². The third-order valence-electron chi connectivity index (χ3n) is 5.38. The Kier molecular flexibility index (Phi) is 6.82. The van der Waals surface area contributed by atoms with Crippen LogP contribution >= 0.6 is 0 Å². The number of nitrogens with zero attached hydrogens (tertiary/aromatic N) is 4. The Labute approximate surface area is 203 Å². The highest BCUT2D eigenvalue weighted by atomic mass is 16.6. The van der Waals surface area contributed by atoms with Gasteiger partial charge in [-0.3, -0.25) is 10.1 Å². The maximum absolute atomic E-state index is 12.1. The fourth-order valence-electron chi connectivity index (χ4n) is 3.59. The Balaban J connectivity index is 1.41. The van der Waals surface area contributed by atoms with Crippen LogP contribution in [-0.2, 0) is 11.2 Å². The zero-order chi connectivity index (χ0) is 25.0. The van der Waals surface area contributed by atoms with Crippen LogP contribution in [0.1, 0.15) is 32.2 Å². The number of nitro benzene ring substituents is 1. The SMILES string of the molecule is CC(C)(C)OC(=O)N1CC(C#Cc2nc(NCCc3ccc([N+](=O)[O-])cc3)c3ccccc3n2)C1. The summed E-state index contributed by atoms with van der Waals surface area (Å²) in [7, 11) is 0. The lowest BCUT2D eigenvalue weighted by atomic mass is 10.0. The molecule has 1 aliphatic rings. The van der Waals surface area contributed by atoms with E-state index >= 15 is 0 Å². The highest BCUT2D eigenvalue weighted by Crippen LogP contribution is 2.22. The lowest BCUT2D eigenvalue weighted by Gasteiger charge is -2.37. The minimum absolute atomic E-state index is 0.0520. The number of anilines is 1. The van der Waals surface area contributed by atoms with Gasteiger partial charge in [-0.15, -0.1) is 0 Å². The van der Waals surface area contributed by atoms with Crippen molar-refractivity contribution in [3.63, 3.8) is 0 Å². The molecule has 0 spiro atoms. The van der Waals surface area contributed by atoms with Gasteiger partial charge in [-0.05, 0) is 50.8 Å². The second kappa shape index (κ2) is 9.97. The summed E-state index contributed by atoms with van der Waals surface area (Å²) in [6, 6.07) is 14.2. The lowest BCUT2D eigenvalue weighted by molar-refractivity contribution is -0.384. The third kappa shape index (κ3) is 6.23. The normalized spacial score (nSPS) is 13.5. The number of rotatable bonds is 5. The van der Waals surface area contributed by atoms with E-state index in [2.05, 4.69) is 27.1 Å². The van der Waals surface area contributed by atoms with E-state index in [4.69, 9.17) is 4.74 Å². The number of nitrogens with one attached hydrogen (secondary N) is 1. The molecule has 1 aromatic heterocycles. The molecule has 0 bridgehead atoms. The fraction of sp³-hybridized carbons (Fsp3) is 0.346. The molecule has 9 heteroatoms. The van der Waals surface area contributed by atoms with Crippen LogP contribution in [0.4, 0.5) is 16.3 Å². The Morgan fingerprint density at radius 1 is 1.17 bits per heavy atom. The molecule has 9 nitrogen and oxygen atoms in total. The van der Waals surface area contributed by atoms with Crippen LogP contribution in [-0.4, -0.2) is 51.1 Å². The highest BCUT2D eigenvalue weighted by Gasteiger charge is 2.32. The van der Waals surface area contributed by atoms with E-state index in [1.165, 1.54) is 12.1 Å². The zero-order valence-electron chi connectivity index (χ0n) is 19.9. The van der Waals surface area contributed by atoms with Crippen molar-refractivity contribution in [2.45, 2.75) is 32.8 Å². The molecule has 2 heterocycles. The van der Waals surface area contributed by atoms with Gasteiger partial charge in [-0.1, -0.05) is 30.2 Å². The van der Waals surface area contributed by atoms with Crippen LogP contribution in [0.2, 0.25) is 0 Å². The van der Waals surface area contributed by atoms with Crippen molar-refractivity contribution in [3.05, 3.63) is 70.0 Å². The first-order valence-electron chi connectivity index (χ1n) is 11.4. The van der Waals surface area contributed by atoms with Crippen molar-refractivity contribution in [3.8, 4) is 11.8 Å². The van der Waals surface area contributed by atoms with Crippen molar-refractivity contribution in [1.29, 1.82) is 0 Å². The molecule has 0 aliphatic carbocycles. The Bertz CT molecular complexity index is 1300. The second-order valence-electron chi connectivity index (χ2n) is 9.36. The number of likely N-dealkylation sites (tertiary alicyclic amines) is 1. The van der Waals surface area contributed by atoms with E-state index in [-0.39, 0.29) is 17.7 Å². The number of amides is 1. The Hall–Kier alpha value is -4.19. The first kappa shape index (κ1) is 24.0. The number of hydrogen-bond acceptors (Lipinski definition) is 7. The molecule has 0 unspecified atom stereocenters.